The molecule has 3 aromatic carbocycles. The molecule has 0 fully saturated rings. The van der Waals surface area contributed by atoms with Crippen LogP contribution in [0.1, 0.15) is 16.7 Å². The van der Waals surface area contributed by atoms with Gasteiger partial charge in [-0.1, -0.05) is 59.6 Å². The van der Waals surface area contributed by atoms with Crippen molar-refractivity contribution in [3.63, 3.8) is 0 Å². The Balaban J connectivity index is 1.51. The standard InChI is InChI=1S/C23H15Cl2NO3/c24-18-10-9-17(20(25)13-18)14-28-19-8-4-5-15(11-19)12-21-23(27)29-22(26-21)16-6-2-1-3-7-16/h1-13H,14H2. The monoisotopic (exact) mass is 423 g/mol. The number of carbonyl (C=O) groups is 1. The number of ether oxygens (including phenoxy) is 2. The van der Waals surface area contributed by atoms with Gasteiger partial charge >= 0.3 is 5.97 Å². The third-order valence-corrected chi connectivity index (χ3v) is 4.80. The quantitative estimate of drug-likeness (QED) is 0.378. The van der Waals surface area contributed by atoms with Gasteiger partial charge in [-0.3, -0.25) is 0 Å². The van der Waals surface area contributed by atoms with E-state index in [2.05, 4.69) is 4.99 Å². The Labute approximate surface area is 178 Å². The Morgan fingerprint density at radius 1 is 0.966 bits per heavy atom. The van der Waals surface area contributed by atoms with Crippen molar-refractivity contribution in [2.45, 2.75) is 6.61 Å². The van der Waals surface area contributed by atoms with E-state index < -0.39 is 5.97 Å². The average molecular weight is 424 g/mol. The molecule has 0 bridgehead atoms. The van der Waals surface area contributed by atoms with Crippen molar-refractivity contribution in [3.8, 4) is 5.75 Å². The first-order valence-electron chi connectivity index (χ1n) is 8.83. The number of nitrogens with zero attached hydrogens (tertiary/aromatic N) is 1. The minimum Gasteiger partial charge on any atom is -0.489 e. The molecule has 1 aliphatic rings. The first-order chi connectivity index (χ1) is 14.1. The normalized spacial score (nSPS) is 14.6. The van der Waals surface area contributed by atoms with E-state index in [0.29, 0.717) is 28.3 Å². The zero-order valence-electron chi connectivity index (χ0n) is 15.1. The molecule has 0 amide bonds. The number of cyclic esters (lactones) is 1. The molecule has 0 N–H and O–H groups in total. The lowest BCUT2D eigenvalue weighted by Crippen LogP contribution is -2.04. The van der Waals surface area contributed by atoms with E-state index in [1.807, 2.05) is 60.7 Å². The van der Waals surface area contributed by atoms with E-state index in [0.717, 1.165) is 16.7 Å². The number of carbonyl (C=O) groups excluding carboxylic acids is 1. The summed E-state index contributed by atoms with van der Waals surface area (Å²) < 4.78 is 11.1. The van der Waals surface area contributed by atoms with Gasteiger partial charge in [0.25, 0.3) is 0 Å². The van der Waals surface area contributed by atoms with Gasteiger partial charge in [0.2, 0.25) is 5.90 Å². The maximum atomic E-state index is 12.2. The molecule has 0 aromatic heterocycles. The summed E-state index contributed by atoms with van der Waals surface area (Å²) in [5, 5.41) is 1.12. The van der Waals surface area contributed by atoms with E-state index in [1.54, 1.807) is 18.2 Å². The second-order valence-corrected chi connectivity index (χ2v) is 7.14. The smallest absolute Gasteiger partial charge is 0.363 e. The molecule has 0 spiro atoms. The Morgan fingerprint density at radius 3 is 2.59 bits per heavy atom. The average Bonchev–Trinajstić information content (AvgIpc) is 3.09. The summed E-state index contributed by atoms with van der Waals surface area (Å²) in [6, 6.07) is 21.9. The summed E-state index contributed by atoms with van der Waals surface area (Å²) in [6.45, 7) is 0.300. The molecular formula is C23H15Cl2NO3. The highest BCUT2D eigenvalue weighted by atomic mass is 35.5. The van der Waals surface area contributed by atoms with Crippen LogP contribution in [0.25, 0.3) is 6.08 Å². The maximum absolute atomic E-state index is 12.2. The summed E-state index contributed by atoms with van der Waals surface area (Å²) in [5.74, 6) is 0.457. The molecule has 0 saturated heterocycles. The molecular weight excluding hydrogens is 409 g/mol. The van der Waals surface area contributed by atoms with Gasteiger partial charge in [-0.25, -0.2) is 9.79 Å². The molecule has 0 radical (unpaired) electrons. The van der Waals surface area contributed by atoms with Crippen molar-refractivity contribution in [2.24, 2.45) is 4.99 Å². The van der Waals surface area contributed by atoms with Crippen LogP contribution in [0, 0.1) is 0 Å². The summed E-state index contributed by atoms with van der Waals surface area (Å²) in [7, 11) is 0. The van der Waals surface area contributed by atoms with E-state index >= 15 is 0 Å². The van der Waals surface area contributed by atoms with Crippen LogP contribution < -0.4 is 4.74 Å². The number of benzene rings is 3. The fourth-order valence-electron chi connectivity index (χ4n) is 2.77. The lowest BCUT2D eigenvalue weighted by Gasteiger charge is -2.08. The lowest BCUT2D eigenvalue weighted by atomic mass is 10.2. The molecule has 29 heavy (non-hydrogen) atoms. The molecule has 1 heterocycles. The predicted molar refractivity (Wildman–Crippen MR) is 114 cm³/mol. The Kier molecular flexibility index (Phi) is 5.65. The van der Waals surface area contributed by atoms with Crippen LogP contribution in [0.15, 0.2) is 83.5 Å². The van der Waals surface area contributed by atoms with E-state index in [1.165, 1.54) is 0 Å². The number of esters is 1. The third-order valence-electron chi connectivity index (χ3n) is 4.21. The summed E-state index contributed by atoms with van der Waals surface area (Å²) >= 11 is 12.1. The number of rotatable bonds is 5. The molecule has 0 atom stereocenters. The molecule has 144 valence electrons. The zero-order valence-corrected chi connectivity index (χ0v) is 16.7. The van der Waals surface area contributed by atoms with E-state index in [9.17, 15) is 4.79 Å². The van der Waals surface area contributed by atoms with Crippen LogP contribution >= 0.6 is 23.2 Å². The summed E-state index contributed by atoms with van der Waals surface area (Å²) in [6.07, 6.45) is 1.67. The SMILES string of the molecule is O=C1OC(c2ccccc2)=NC1=Cc1cccc(OCc2ccc(Cl)cc2Cl)c1. The number of hydrogen-bond acceptors (Lipinski definition) is 4. The van der Waals surface area contributed by atoms with Crippen LogP contribution in [0.5, 0.6) is 5.75 Å². The predicted octanol–water partition coefficient (Wildman–Crippen LogP) is 5.92. The molecule has 4 nitrogen and oxygen atoms in total. The minimum atomic E-state index is -0.483. The maximum Gasteiger partial charge on any atom is 0.363 e. The molecule has 0 aliphatic carbocycles. The molecule has 6 heteroatoms. The largest absolute Gasteiger partial charge is 0.489 e. The van der Waals surface area contributed by atoms with Crippen LogP contribution in [0.4, 0.5) is 0 Å². The van der Waals surface area contributed by atoms with Crippen molar-refractivity contribution in [1.82, 2.24) is 0 Å². The Bertz CT molecular complexity index is 1120. The molecule has 3 aromatic rings. The highest BCUT2D eigenvalue weighted by molar-refractivity contribution is 6.35. The highest BCUT2D eigenvalue weighted by Gasteiger charge is 2.23. The van der Waals surface area contributed by atoms with Gasteiger partial charge in [-0.15, -0.1) is 0 Å². The Hall–Kier alpha value is -3.08. The summed E-state index contributed by atoms with van der Waals surface area (Å²) in [4.78, 5) is 16.5. The number of halogens is 2. The minimum absolute atomic E-state index is 0.238. The van der Waals surface area contributed by atoms with Crippen LogP contribution in [0.3, 0.4) is 0 Å². The molecule has 4 rings (SSSR count). The Morgan fingerprint density at radius 2 is 1.79 bits per heavy atom. The van der Waals surface area contributed by atoms with E-state index in [-0.39, 0.29) is 5.70 Å². The topological polar surface area (TPSA) is 47.9 Å². The molecule has 1 aliphatic heterocycles. The highest BCUT2D eigenvalue weighted by Crippen LogP contribution is 2.24. The third kappa shape index (κ3) is 4.67. The molecule has 0 saturated carbocycles. The van der Waals surface area contributed by atoms with Crippen LogP contribution in [-0.4, -0.2) is 11.9 Å². The first kappa shape index (κ1) is 19.2. The van der Waals surface area contributed by atoms with Gasteiger partial charge in [0.1, 0.15) is 12.4 Å². The van der Waals surface area contributed by atoms with Crippen molar-refractivity contribution >= 4 is 41.1 Å². The van der Waals surface area contributed by atoms with Crippen molar-refractivity contribution in [1.29, 1.82) is 0 Å². The van der Waals surface area contributed by atoms with Crippen LogP contribution in [0.2, 0.25) is 10.0 Å². The fraction of sp³-hybridized carbons (Fsp3) is 0.0435. The lowest BCUT2D eigenvalue weighted by molar-refractivity contribution is -0.129. The van der Waals surface area contributed by atoms with Gasteiger partial charge < -0.3 is 9.47 Å². The molecule has 0 unspecified atom stereocenters. The van der Waals surface area contributed by atoms with Gasteiger partial charge in [-0.2, -0.15) is 0 Å². The van der Waals surface area contributed by atoms with Gasteiger partial charge in [0.15, 0.2) is 5.70 Å². The van der Waals surface area contributed by atoms with Crippen LogP contribution in [-0.2, 0) is 16.1 Å². The second-order valence-electron chi connectivity index (χ2n) is 6.30. The van der Waals surface area contributed by atoms with Gasteiger partial charge in [0.05, 0.1) is 0 Å². The number of hydrogen-bond donors (Lipinski definition) is 0. The first-order valence-corrected chi connectivity index (χ1v) is 9.59. The van der Waals surface area contributed by atoms with E-state index in [4.69, 9.17) is 32.7 Å². The van der Waals surface area contributed by atoms with Gasteiger partial charge in [-0.05, 0) is 48.0 Å². The second kappa shape index (κ2) is 8.52. The fourth-order valence-corrected chi connectivity index (χ4v) is 3.23. The number of aliphatic imine (C=N–C) groups is 1. The van der Waals surface area contributed by atoms with Gasteiger partial charge in [0, 0.05) is 21.2 Å². The zero-order chi connectivity index (χ0) is 20.2. The van der Waals surface area contributed by atoms with Crippen molar-refractivity contribution < 1.29 is 14.3 Å². The van der Waals surface area contributed by atoms with Crippen molar-refractivity contribution in [3.05, 3.63) is 105 Å². The van der Waals surface area contributed by atoms with Crippen molar-refractivity contribution in [2.75, 3.05) is 0 Å². The summed E-state index contributed by atoms with van der Waals surface area (Å²) in [5.41, 5.74) is 2.59.